The molecule has 0 radical (unpaired) electrons. The molecule has 2 aromatic rings. The van der Waals surface area contributed by atoms with Crippen LogP contribution in [0.15, 0.2) is 48.5 Å². The smallest absolute Gasteiger partial charge is 0.118 e. The van der Waals surface area contributed by atoms with Crippen molar-refractivity contribution in [3.05, 3.63) is 64.7 Å². The summed E-state index contributed by atoms with van der Waals surface area (Å²) in [4.78, 5) is 0. The summed E-state index contributed by atoms with van der Waals surface area (Å²) < 4.78 is 5.17. The Bertz CT molecular complexity index is 539. The molecule has 0 saturated carbocycles. The van der Waals surface area contributed by atoms with E-state index >= 15 is 0 Å². The molecule has 2 nitrogen and oxygen atoms in total. The van der Waals surface area contributed by atoms with Crippen LogP contribution in [0.25, 0.3) is 0 Å². The Morgan fingerprint density at radius 1 is 1.15 bits per heavy atom. The molecule has 3 heteroatoms. The third-order valence-electron chi connectivity index (χ3n) is 3.48. The first-order valence-corrected chi connectivity index (χ1v) is 7.16. The minimum absolute atomic E-state index is 0.316. The van der Waals surface area contributed by atoms with E-state index in [-0.39, 0.29) is 0 Å². The molecule has 0 aromatic heterocycles. The molecule has 1 atom stereocenters. The fourth-order valence-corrected chi connectivity index (χ4v) is 2.50. The summed E-state index contributed by atoms with van der Waals surface area (Å²) in [7, 11) is 3.67. The maximum Gasteiger partial charge on any atom is 0.118 e. The van der Waals surface area contributed by atoms with Gasteiger partial charge < -0.3 is 10.1 Å². The van der Waals surface area contributed by atoms with Gasteiger partial charge in [0.05, 0.1) is 7.11 Å². The molecular weight excluding hydrogens is 270 g/mol. The molecule has 1 N–H and O–H groups in total. The Labute approximate surface area is 125 Å². The van der Waals surface area contributed by atoms with Crippen LogP contribution in [0.1, 0.15) is 23.6 Å². The van der Waals surface area contributed by atoms with Crippen molar-refractivity contribution in [2.24, 2.45) is 0 Å². The van der Waals surface area contributed by atoms with Gasteiger partial charge in [0.15, 0.2) is 0 Å². The van der Waals surface area contributed by atoms with Crippen LogP contribution in [0, 0.1) is 0 Å². The van der Waals surface area contributed by atoms with Crippen LogP contribution >= 0.6 is 11.6 Å². The average Bonchev–Trinajstić information content (AvgIpc) is 2.48. The fourth-order valence-electron chi connectivity index (χ4n) is 2.30. The van der Waals surface area contributed by atoms with Gasteiger partial charge in [-0.1, -0.05) is 35.9 Å². The largest absolute Gasteiger partial charge is 0.497 e. The molecule has 0 fully saturated rings. The van der Waals surface area contributed by atoms with Crippen LogP contribution in [0.5, 0.6) is 5.75 Å². The third kappa shape index (κ3) is 3.99. The summed E-state index contributed by atoms with van der Waals surface area (Å²) in [5.41, 5.74) is 2.54. The second-order valence-corrected chi connectivity index (χ2v) is 5.22. The van der Waals surface area contributed by atoms with E-state index in [4.69, 9.17) is 16.3 Å². The highest BCUT2D eigenvalue weighted by atomic mass is 35.5. The van der Waals surface area contributed by atoms with E-state index in [0.29, 0.717) is 6.04 Å². The second-order valence-electron chi connectivity index (χ2n) is 4.78. The van der Waals surface area contributed by atoms with Crippen molar-refractivity contribution in [3.8, 4) is 5.75 Å². The molecule has 0 bridgehead atoms. The maximum atomic E-state index is 6.05. The Morgan fingerprint density at radius 2 is 1.90 bits per heavy atom. The minimum atomic E-state index is 0.316. The normalized spacial score (nSPS) is 12.2. The predicted molar refractivity (Wildman–Crippen MR) is 84.6 cm³/mol. The number of rotatable bonds is 6. The summed E-state index contributed by atoms with van der Waals surface area (Å²) in [5, 5.41) is 4.14. The maximum absolute atomic E-state index is 6.05. The number of methoxy groups -OCH3 is 1. The average molecular weight is 290 g/mol. The quantitative estimate of drug-likeness (QED) is 0.859. The van der Waals surface area contributed by atoms with Crippen molar-refractivity contribution >= 4 is 11.6 Å². The lowest BCUT2D eigenvalue weighted by Crippen LogP contribution is -2.17. The van der Waals surface area contributed by atoms with E-state index in [0.717, 1.165) is 23.6 Å². The molecule has 2 rings (SSSR count). The summed E-state index contributed by atoms with van der Waals surface area (Å²) in [6.45, 7) is 0. The second kappa shape index (κ2) is 7.32. The van der Waals surface area contributed by atoms with Crippen LogP contribution in [0.2, 0.25) is 5.02 Å². The molecule has 0 amide bonds. The standard InChI is InChI=1S/C17H20ClNO/c1-19-17(14-4-3-5-15(18)12-14)11-8-13-6-9-16(20-2)10-7-13/h3-7,9-10,12,17,19H,8,11H2,1-2H3. The zero-order valence-electron chi connectivity index (χ0n) is 11.9. The molecule has 0 aliphatic heterocycles. The molecular formula is C17H20ClNO. The summed E-state index contributed by atoms with van der Waals surface area (Å²) in [6.07, 6.45) is 2.05. The van der Waals surface area contributed by atoms with Crippen molar-refractivity contribution < 1.29 is 4.74 Å². The Morgan fingerprint density at radius 3 is 2.50 bits per heavy atom. The van der Waals surface area contributed by atoms with Gasteiger partial charge in [-0.25, -0.2) is 0 Å². The molecule has 0 heterocycles. The summed E-state index contributed by atoms with van der Waals surface area (Å²) in [5.74, 6) is 0.897. The monoisotopic (exact) mass is 289 g/mol. The van der Waals surface area contributed by atoms with Crippen LogP contribution < -0.4 is 10.1 Å². The minimum Gasteiger partial charge on any atom is -0.497 e. The zero-order chi connectivity index (χ0) is 14.4. The Kier molecular flexibility index (Phi) is 5.45. The fraction of sp³-hybridized carbons (Fsp3) is 0.294. The number of hydrogen-bond donors (Lipinski definition) is 1. The van der Waals surface area contributed by atoms with Crippen molar-refractivity contribution in [1.29, 1.82) is 0 Å². The zero-order valence-corrected chi connectivity index (χ0v) is 12.7. The van der Waals surface area contributed by atoms with Gasteiger partial charge in [0.25, 0.3) is 0 Å². The van der Waals surface area contributed by atoms with Crippen LogP contribution in [-0.4, -0.2) is 14.2 Å². The SMILES string of the molecule is CNC(CCc1ccc(OC)cc1)c1cccc(Cl)c1. The van der Waals surface area contributed by atoms with Crippen molar-refractivity contribution in [2.45, 2.75) is 18.9 Å². The Hall–Kier alpha value is -1.51. The molecule has 0 saturated heterocycles. The topological polar surface area (TPSA) is 21.3 Å². The lowest BCUT2D eigenvalue weighted by atomic mass is 9.99. The number of aryl methyl sites for hydroxylation is 1. The van der Waals surface area contributed by atoms with E-state index in [1.165, 1.54) is 11.1 Å². The molecule has 2 aromatic carbocycles. The van der Waals surface area contributed by atoms with Crippen molar-refractivity contribution in [2.75, 3.05) is 14.2 Å². The van der Waals surface area contributed by atoms with Crippen LogP contribution in [0.4, 0.5) is 0 Å². The number of benzene rings is 2. The summed E-state index contributed by atoms with van der Waals surface area (Å²) in [6, 6.07) is 16.6. The highest BCUT2D eigenvalue weighted by Gasteiger charge is 2.09. The molecule has 20 heavy (non-hydrogen) atoms. The summed E-state index contributed by atoms with van der Waals surface area (Å²) >= 11 is 6.05. The molecule has 1 unspecified atom stereocenters. The van der Waals surface area contributed by atoms with Gasteiger partial charge in [-0.2, -0.15) is 0 Å². The van der Waals surface area contributed by atoms with Gasteiger partial charge in [-0.05, 0) is 55.3 Å². The lowest BCUT2D eigenvalue weighted by molar-refractivity contribution is 0.414. The first kappa shape index (κ1) is 14.9. The van der Waals surface area contributed by atoms with Gasteiger partial charge in [-0.3, -0.25) is 0 Å². The first-order valence-electron chi connectivity index (χ1n) is 6.78. The number of ether oxygens (including phenoxy) is 1. The highest BCUT2D eigenvalue weighted by molar-refractivity contribution is 6.30. The van der Waals surface area contributed by atoms with E-state index in [1.54, 1.807) is 7.11 Å². The van der Waals surface area contributed by atoms with Crippen LogP contribution in [-0.2, 0) is 6.42 Å². The molecule has 106 valence electrons. The number of hydrogen-bond acceptors (Lipinski definition) is 2. The van der Waals surface area contributed by atoms with Crippen LogP contribution in [0.3, 0.4) is 0 Å². The van der Waals surface area contributed by atoms with E-state index in [9.17, 15) is 0 Å². The number of halogens is 1. The van der Waals surface area contributed by atoms with Crippen molar-refractivity contribution in [1.82, 2.24) is 5.32 Å². The third-order valence-corrected chi connectivity index (χ3v) is 3.72. The van der Waals surface area contributed by atoms with Gasteiger partial charge in [0, 0.05) is 11.1 Å². The highest BCUT2D eigenvalue weighted by Crippen LogP contribution is 2.22. The predicted octanol–water partition coefficient (Wildman–Crippen LogP) is 4.24. The van der Waals surface area contributed by atoms with E-state index in [1.807, 2.05) is 37.4 Å². The van der Waals surface area contributed by atoms with Gasteiger partial charge >= 0.3 is 0 Å². The van der Waals surface area contributed by atoms with Gasteiger partial charge in [0.1, 0.15) is 5.75 Å². The molecule has 0 aliphatic carbocycles. The van der Waals surface area contributed by atoms with Gasteiger partial charge in [0.2, 0.25) is 0 Å². The van der Waals surface area contributed by atoms with Crippen molar-refractivity contribution in [3.63, 3.8) is 0 Å². The van der Waals surface area contributed by atoms with E-state index in [2.05, 4.69) is 23.5 Å². The molecule has 0 spiro atoms. The lowest BCUT2D eigenvalue weighted by Gasteiger charge is -2.17. The Balaban J connectivity index is 1.99. The number of nitrogens with one attached hydrogen (secondary N) is 1. The molecule has 0 aliphatic rings. The van der Waals surface area contributed by atoms with Gasteiger partial charge in [-0.15, -0.1) is 0 Å². The first-order chi connectivity index (χ1) is 9.72. The van der Waals surface area contributed by atoms with E-state index < -0.39 is 0 Å².